The minimum absolute atomic E-state index is 0.123. The summed E-state index contributed by atoms with van der Waals surface area (Å²) < 4.78 is 22.7. The molecule has 0 fully saturated rings. The van der Waals surface area contributed by atoms with Crippen LogP contribution < -0.4 is 5.32 Å². The molecule has 0 atom stereocenters. The molecular weight excluding hydrogens is 312 g/mol. The smallest absolute Gasteiger partial charge is 0.229 e. The van der Waals surface area contributed by atoms with E-state index in [9.17, 15) is 13.2 Å². The largest absolute Gasteiger partial charge is 0.310 e. The van der Waals surface area contributed by atoms with Gasteiger partial charge in [-0.25, -0.2) is 13.4 Å². The van der Waals surface area contributed by atoms with Crippen LogP contribution in [-0.4, -0.2) is 25.6 Å². The van der Waals surface area contributed by atoms with E-state index in [1.807, 2.05) is 0 Å². The molecule has 1 heterocycles. The van der Waals surface area contributed by atoms with E-state index < -0.39 is 9.84 Å². The molecule has 0 radical (unpaired) electrons. The van der Waals surface area contributed by atoms with Gasteiger partial charge >= 0.3 is 0 Å². The lowest BCUT2D eigenvalue weighted by Gasteiger charge is -2.05. The van der Waals surface area contributed by atoms with Crippen LogP contribution in [0.4, 0.5) is 5.82 Å². The molecule has 0 spiro atoms. The fraction of sp³-hybridized carbons (Fsp3) is 0.143. The van der Waals surface area contributed by atoms with Gasteiger partial charge in [0, 0.05) is 17.5 Å². The molecule has 110 valence electrons. The summed E-state index contributed by atoms with van der Waals surface area (Å²) >= 11 is 5.80. The highest BCUT2D eigenvalue weighted by atomic mass is 35.5. The second-order valence-electron chi connectivity index (χ2n) is 4.50. The normalized spacial score (nSPS) is 11.1. The first-order valence-electron chi connectivity index (χ1n) is 6.05. The summed E-state index contributed by atoms with van der Waals surface area (Å²) in [7, 11) is -3.23. The lowest BCUT2D eigenvalue weighted by atomic mass is 10.1. The molecule has 0 unspecified atom stereocenters. The molecule has 1 aromatic carbocycles. The molecule has 1 N–H and O–H groups in total. The average molecular weight is 325 g/mol. The number of carbonyl (C=O) groups is 1. The van der Waals surface area contributed by atoms with Crippen molar-refractivity contribution in [1.29, 1.82) is 0 Å². The van der Waals surface area contributed by atoms with E-state index in [2.05, 4.69) is 10.3 Å². The summed E-state index contributed by atoms with van der Waals surface area (Å²) in [5.41, 5.74) is 0.710. The van der Waals surface area contributed by atoms with Crippen molar-refractivity contribution in [3.8, 4) is 0 Å². The maximum Gasteiger partial charge on any atom is 0.229 e. The average Bonchev–Trinajstić information content (AvgIpc) is 2.38. The van der Waals surface area contributed by atoms with E-state index in [4.69, 9.17) is 11.6 Å². The second-order valence-corrected chi connectivity index (χ2v) is 6.95. The van der Waals surface area contributed by atoms with Gasteiger partial charge in [0.05, 0.1) is 11.3 Å². The van der Waals surface area contributed by atoms with Gasteiger partial charge in [-0.2, -0.15) is 0 Å². The number of halogens is 1. The number of amides is 1. The molecule has 21 heavy (non-hydrogen) atoms. The van der Waals surface area contributed by atoms with Crippen molar-refractivity contribution < 1.29 is 13.2 Å². The van der Waals surface area contributed by atoms with E-state index in [1.54, 1.807) is 24.3 Å². The number of aromatic nitrogens is 1. The van der Waals surface area contributed by atoms with Gasteiger partial charge in [0.15, 0.2) is 9.84 Å². The molecule has 0 saturated heterocycles. The zero-order valence-corrected chi connectivity index (χ0v) is 12.8. The highest BCUT2D eigenvalue weighted by Crippen LogP contribution is 2.13. The van der Waals surface area contributed by atoms with E-state index in [1.165, 1.54) is 18.3 Å². The molecule has 0 aliphatic rings. The van der Waals surface area contributed by atoms with Crippen molar-refractivity contribution in [3.63, 3.8) is 0 Å². The summed E-state index contributed by atoms with van der Waals surface area (Å²) in [6, 6.07) is 9.35. The topological polar surface area (TPSA) is 76.1 Å². The number of hydrogen-bond donors (Lipinski definition) is 1. The predicted octanol–water partition coefficient (Wildman–Crippen LogP) is 2.32. The summed E-state index contributed by atoms with van der Waals surface area (Å²) in [5, 5.41) is 3.11. The van der Waals surface area contributed by atoms with Crippen LogP contribution in [0.15, 0.2) is 47.5 Å². The SMILES string of the molecule is CS(=O)(=O)c1ccc(CC(=O)Nc2cc(Cl)ccn2)cc1. The number of hydrogen-bond acceptors (Lipinski definition) is 4. The molecule has 0 aliphatic carbocycles. The Hall–Kier alpha value is -1.92. The number of rotatable bonds is 4. The summed E-state index contributed by atoms with van der Waals surface area (Å²) in [6.07, 6.45) is 2.76. The predicted molar refractivity (Wildman–Crippen MR) is 81.1 cm³/mol. The molecule has 2 aromatic rings. The number of anilines is 1. The van der Waals surface area contributed by atoms with Gasteiger partial charge in [0.25, 0.3) is 0 Å². The third-order valence-corrected chi connectivity index (χ3v) is 4.07. The lowest BCUT2D eigenvalue weighted by Crippen LogP contribution is -2.15. The molecule has 1 aromatic heterocycles. The monoisotopic (exact) mass is 324 g/mol. The van der Waals surface area contributed by atoms with Gasteiger partial charge in [-0.1, -0.05) is 23.7 Å². The van der Waals surface area contributed by atoms with Crippen LogP contribution >= 0.6 is 11.6 Å². The van der Waals surface area contributed by atoms with Gasteiger partial charge in [-0.3, -0.25) is 4.79 Å². The molecule has 0 bridgehead atoms. The molecule has 2 rings (SSSR count). The number of benzene rings is 1. The van der Waals surface area contributed by atoms with Crippen molar-refractivity contribution >= 4 is 33.2 Å². The van der Waals surface area contributed by atoms with Crippen molar-refractivity contribution in [2.24, 2.45) is 0 Å². The molecular formula is C14H13ClN2O3S. The first kappa shape index (κ1) is 15.5. The number of pyridine rings is 1. The van der Waals surface area contributed by atoms with Crippen molar-refractivity contribution in [3.05, 3.63) is 53.2 Å². The fourth-order valence-corrected chi connectivity index (χ4v) is 2.49. The highest BCUT2D eigenvalue weighted by molar-refractivity contribution is 7.90. The standard InChI is InChI=1S/C14H13ClN2O3S/c1-21(19,20)12-4-2-10(3-5-12)8-14(18)17-13-9-11(15)6-7-16-13/h2-7,9H,8H2,1H3,(H,16,17,18). The molecule has 7 heteroatoms. The molecule has 5 nitrogen and oxygen atoms in total. The Morgan fingerprint density at radius 2 is 1.90 bits per heavy atom. The van der Waals surface area contributed by atoms with Crippen LogP contribution in [0.2, 0.25) is 5.02 Å². The Balaban J connectivity index is 2.03. The third kappa shape index (κ3) is 4.54. The van der Waals surface area contributed by atoms with Crippen LogP contribution in [0, 0.1) is 0 Å². The van der Waals surface area contributed by atoms with Gasteiger partial charge < -0.3 is 5.32 Å². The summed E-state index contributed by atoms with van der Waals surface area (Å²) in [6.45, 7) is 0. The van der Waals surface area contributed by atoms with Gasteiger partial charge in [0.1, 0.15) is 5.82 Å². The van der Waals surface area contributed by atoms with Gasteiger partial charge in [-0.05, 0) is 29.8 Å². The van der Waals surface area contributed by atoms with E-state index >= 15 is 0 Å². The maximum absolute atomic E-state index is 11.9. The van der Waals surface area contributed by atoms with Crippen LogP contribution in [0.3, 0.4) is 0 Å². The molecule has 1 amide bonds. The number of nitrogens with zero attached hydrogens (tertiary/aromatic N) is 1. The fourth-order valence-electron chi connectivity index (χ4n) is 1.70. The van der Waals surface area contributed by atoms with Crippen LogP contribution in [0.1, 0.15) is 5.56 Å². The molecule has 0 aliphatic heterocycles. The van der Waals surface area contributed by atoms with Gasteiger partial charge in [0.2, 0.25) is 5.91 Å². The Morgan fingerprint density at radius 3 is 2.48 bits per heavy atom. The van der Waals surface area contributed by atoms with Crippen molar-refractivity contribution in [1.82, 2.24) is 4.98 Å². The van der Waals surface area contributed by atoms with Crippen molar-refractivity contribution in [2.45, 2.75) is 11.3 Å². The molecule has 0 saturated carbocycles. The minimum atomic E-state index is -3.23. The number of nitrogens with one attached hydrogen (secondary N) is 1. The first-order chi connectivity index (χ1) is 9.84. The zero-order chi connectivity index (χ0) is 15.5. The van der Waals surface area contributed by atoms with Crippen molar-refractivity contribution in [2.75, 3.05) is 11.6 Å². The van der Waals surface area contributed by atoms with Gasteiger partial charge in [-0.15, -0.1) is 0 Å². The van der Waals surface area contributed by atoms with E-state index in [0.29, 0.717) is 16.4 Å². The highest BCUT2D eigenvalue weighted by Gasteiger charge is 2.09. The Labute approximate surface area is 127 Å². The Kier molecular flexibility index (Phi) is 4.59. The maximum atomic E-state index is 11.9. The second kappa shape index (κ2) is 6.24. The van der Waals surface area contributed by atoms with Crippen LogP contribution in [0.25, 0.3) is 0 Å². The quantitative estimate of drug-likeness (QED) is 0.936. The first-order valence-corrected chi connectivity index (χ1v) is 8.32. The third-order valence-electron chi connectivity index (χ3n) is 2.71. The number of carbonyl (C=O) groups excluding carboxylic acids is 1. The zero-order valence-electron chi connectivity index (χ0n) is 11.2. The summed E-state index contributed by atoms with van der Waals surface area (Å²) in [4.78, 5) is 16.1. The van der Waals surface area contributed by atoms with Crippen LogP contribution in [-0.2, 0) is 21.1 Å². The van der Waals surface area contributed by atoms with E-state index in [0.717, 1.165) is 6.26 Å². The van der Waals surface area contributed by atoms with E-state index in [-0.39, 0.29) is 17.2 Å². The Morgan fingerprint density at radius 1 is 1.24 bits per heavy atom. The summed E-state index contributed by atoms with van der Waals surface area (Å²) in [5.74, 6) is 0.122. The Bertz CT molecular complexity index is 758. The minimum Gasteiger partial charge on any atom is -0.310 e. The number of sulfone groups is 1. The van der Waals surface area contributed by atoms with Crippen LogP contribution in [0.5, 0.6) is 0 Å². The lowest BCUT2D eigenvalue weighted by molar-refractivity contribution is -0.115.